The standard InChI is InChI=1S/C17H18Cl2N4O2/c1-2-25-16(24)15-10-3-5-12(7-10)23(15)17(21-9-20)22-11-4-6-13(18)14(19)8-11/h4,6,8,10,12,15H,2-3,5,7H2,1H3,(H,21,22). The maximum Gasteiger partial charge on any atom is 0.329 e. The first-order chi connectivity index (χ1) is 12.0. The number of anilines is 1. The van der Waals surface area contributed by atoms with E-state index in [1.807, 2.05) is 11.1 Å². The molecule has 132 valence electrons. The number of halogens is 2. The summed E-state index contributed by atoms with van der Waals surface area (Å²) in [4.78, 5) is 18.2. The first-order valence-electron chi connectivity index (χ1n) is 8.19. The van der Waals surface area contributed by atoms with Gasteiger partial charge in [0.15, 0.2) is 0 Å². The largest absolute Gasteiger partial charge is 0.464 e. The minimum Gasteiger partial charge on any atom is -0.464 e. The number of benzene rings is 1. The Balaban J connectivity index is 1.88. The predicted molar refractivity (Wildman–Crippen MR) is 96.5 cm³/mol. The van der Waals surface area contributed by atoms with Crippen molar-refractivity contribution >= 4 is 40.8 Å². The Labute approximate surface area is 156 Å². The fraction of sp³-hybridized carbons (Fsp3) is 0.471. The lowest BCUT2D eigenvalue weighted by atomic mass is 9.99. The lowest BCUT2D eigenvalue weighted by molar-refractivity contribution is -0.149. The molecule has 0 spiro atoms. The van der Waals surface area contributed by atoms with E-state index in [1.165, 1.54) is 0 Å². The van der Waals surface area contributed by atoms with Crippen LogP contribution in [0.15, 0.2) is 23.2 Å². The number of fused-ring (bicyclic) bond motifs is 2. The number of rotatable bonds is 3. The van der Waals surface area contributed by atoms with Gasteiger partial charge in [0, 0.05) is 11.7 Å². The first-order valence-corrected chi connectivity index (χ1v) is 8.94. The first kappa shape index (κ1) is 17.8. The Bertz CT molecular complexity index is 747. The summed E-state index contributed by atoms with van der Waals surface area (Å²) >= 11 is 12.0. The molecule has 25 heavy (non-hydrogen) atoms. The van der Waals surface area contributed by atoms with E-state index in [4.69, 9.17) is 33.2 Å². The van der Waals surface area contributed by atoms with Crippen LogP contribution in [0.2, 0.25) is 10.0 Å². The molecule has 1 aromatic carbocycles. The fourth-order valence-corrected chi connectivity index (χ4v) is 4.02. The highest BCUT2D eigenvalue weighted by molar-refractivity contribution is 6.42. The number of hydrogen-bond acceptors (Lipinski definition) is 4. The second-order valence-corrected chi connectivity index (χ2v) is 6.93. The Hall–Kier alpha value is -1.97. The van der Waals surface area contributed by atoms with Crippen molar-refractivity contribution in [3.63, 3.8) is 0 Å². The van der Waals surface area contributed by atoms with Gasteiger partial charge in [-0.05, 0) is 50.3 Å². The van der Waals surface area contributed by atoms with Crippen LogP contribution in [0, 0.1) is 17.4 Å². The maximum absolute atomic E-state index is 12.4. The van der Waals surface area contributed by atoms with Gasteiger partial charge in [0.2, 0.25) is 12.2 Å². The summed E-state index contributed by atoms with van der Waals surface area (Å²) in [6.07, 6.45) is 4.66. The van der Waals surface area contributed by atoms with Crippen LogP contribution in [0.5, 0.6) is 0 Å². The van der Waals surface area contributed by atoms with Gasteiger partial charge in [-0.3, -0.25) is 0 Å². The average molecular weight is 381 g/mol. The van der Waals surface area contributed by atoms with Crippen LogP contribution in [-0.2, 0) is 9.53 Å². The highest BCUT2D eigenvalue weighted by Crippen LogP contribution is 2.43. The average Bonchev–Trinajstić information content (AvgIpc) is 3.19. The SMILES string of the molecule is CCOC(=O)C1C2CCC(C2)N1/C(=N\C#N)Nc1ccc(Cl)c(Cl)c1. The number of hydrogen-bond donors (Lipinski definition) is 1. The number of esters is 1. The molecule has 0 aromatic heterocycles. The Morgan fingerprint density at radius 2 is 2.24 bits per heavy atom. The summed E-state index contributed by atoms with van der Waals surface area (Å²) in [6, 6.07) is 4.82. The van der Waals surface area contributed by atoms with Crippen LogP contribution in [0.4, 0.5) is 5.69 Å². The van der Waals surface area contributed by atoms with Gasteiger partial charge in [0.05, 0.1) is 16.7 Å². The normalized spacial score (nSPS) is 25.0. The van der Waals surface area contributed by atoms with Gasteiger partial charge in [-0.2, -0.15) is 5.26 Å². The molecular formula is C17H18Cl2N4O2. The highest BCUT2D eigenvalue weighted by atomic mass is 35.5. The van der Waals surface area contributed by atoms with Crippen molar-refractivity contribution in [3.8, 4) is 6.19 Å². The number of nitriles is 1. The number of carbonyl (C=O) groups excluding carboxylic acids is 1. The van der Waals surface area contributed by atoms with Crippen LogP contribution in [0.1, 0.15) is 26.2 Å². The number of carbonyl (C=O) groups is 1. The molecular weight excluding hydrogens is 363 g/mol. The summed E-state index contributed by atoms with van der Waals surface area (Å²) < 4.78 is 5.24. The Morgan fingerprint density at radius 3 is 2.92 bits per heavy atom. The van der Waals surface area contributed by atoms with Crippen molar-refractivity contribution in [1.29, 1.82) is 5.26 Å². The van der Waals surface area contributed by atoms with Crippen LogP contribution in [0.3, 0.4) is 0 Å². The van der Waals surface area contributed by atoms with E-state index in [2.05, 4.69) is 10.3 Å². The number of piperidine rings is 1. The molecule has 6 nitrogen and oxygen atoms in total. The second kappa shape index (κ2) is 7.51. The molecule has 1 aliphatic carbocycles. The van der Waals surface area contributed by atoms with Gasteiger partial charge in [0.25, 0.3) is 0 Å². The topological polar surface area (TPSA) is 77.7 Å². The molecule has 3 unspecified atom stereocenters. The summed E-state index contributed by atoms with van der Waals surface area (Å²) in [5, 5.41) is 13.0. The molecule has 3 rings (SSSR count). The molecule has 3 atom stereocenters. The summed E-state index contributed by atoms with van der Waals surface area (Å²) in [5.74, 6) is 0.297. The van der Waals surface area contributed by atoms with Gasteiger partial charge < -0.3 is 15.0 Å². The molecule has 1 aliphatic heterocycles. The molecule has 2 aliphatic rings. The van der Waals surface area contributed by atoms with Crippen LogP contribution >= 0.6 is 23.2 Å². The summed E-state index contributed by atoms with van der Waals surface area (Å²) in [6.45, 7) is 2.11. The van der Waals surface area contributed by atoms with E-state index in [1.54, 1.807) is 25.1 Å². The van der Waals surface area contributed by atoms with E-state index in [9.17, 15) is 4.79 Å². The number of nitrogens with zero attached hydrogens (tertiary/aromatic N) is 3. The summed E-state index contributed by atoms with van der Waals surface area (Å²) in [7, 11) is 0. The zero-order chi connectivity index (χ0) is 18.0. The van der Waals surface area contributed by atoms with Crippen molar-refractivity contribution in [2.45, 2.75) is 38.3 Å². The van der Waals surface area contributed by atoms with Crippen molar-refractivity contribution in [3.05, 3.63) is 28.2 Å². The lowest BCUT2D eigenvalue weighted by Crippen LogP contribution is -2.52. The predicted octanol–water partition coefficient (Wildman–Crippen LogP) is 3.66. The molecule has 2 fully saturated rings. The maximum atomic E-state index is 12.4. The number of ether oxygens (including phenoxy) is 1. The van der Waals surface area contributed by atoms with Gasteiger partial charge in [-0.1, -0.05) is 23.2 Å². The van der Waals surface area contributed by atoms with Gasteiger partial charge in [-0.15, -0.1) is 4.99 Å². The van der Waals surface area contributed by atoms with Gasteiger partial charge in [-0.25, -0.2) is 4.79 Å². The van der Waals surface area contributed by atoms with Crippen LogP contribution < -0.4 is 5.32 Å². The second-order valence-electron chi connectivity index (χ2n) is 6.12. The van der Waals surface area contributed by atoms with Crippen molar-refractivity contribution in [2.75, 3.05) is 11.9 Å². The number of likely N-dealkylation sites (tertiary alicyclic amines) is 1. The molecule has 1 saturated heterocycles. The van der Waals surface area contributed by atoms with Gasteiger partial charge >= 0.3 is 5.97 Å². The van der Waals surface area contributed by atoms with E-state index in [0.717, 1.165) is 19.3 Å². The van der Waals surface area contributed by atoms with Crippen molar-refractivity contribution in [1.82, 2.24) is 4.90 Å². The zero-order valence-electron chi connectivity index (χ0n) is 13.7. The molecule has 0 radical (unpaired) electrons. The van der Waals surface area contributed by atoms with E-state index in [-0.39, 0.29) is 17.9 Å². The van der Waals surface area contributed by atoms with Gasteiger partial charge in [0.1, 0.15) is 6.04 Å². The fourth-order valence-electron chi connectivity index (χ4n) is 3.72. The summed E-state index contributed by atoms with van der Waals surface area (Å²) in [5.41, 5.74) is 0.647. The van der Waals surface area contributed by atoms with E-state index in [0.29, 0.717) is 28.3 Å². The minimum atomic E-state index is -0.416. The Morgan fingerprint density at radius 1 is 1.44 bits per heavy atom. The highest BCUT2D eigenvalue weighted by Gasteiger charge is 2.51. The lowest BCUT2D eigenvalue weighted by Gasteiger charge is -2.35. The molecule has 1 aromatic rings. The van der Waals surface area contributed by atoms with E-state index >= 15 is 0 Å². The molecule has 1 N–H and O–H groups in total. The van der Waals surface area contributed by atoms with E-state index < -0.39 is 6.04 Å². The molecule has 1 saturated carbocycles. The monoisotopic (exact) mass is 380 g/mol. The number of nitrogens with one attached hydrogen (secondary N) is 1. The van der Waals surface area contributed by atoms with Crippen LogP contribution in [0.25, 0.3) is 0 Å². The third kappa shape index (κ3) is 3.53. The zero-order valence-corrected chi connectivity index (χ0v) is 15.2. The third-order valence-corrected chi connectivity index (χ3v) is 5.43. The molecule has 1 heterocycles. The Kier molecular flexibility index (Phi) is 5.36. The van der Waals surface area contributed by atoms with Crippen LogP contribution in [-0.4, -0.2) is 35.5 Å². The number of guanidine groups is 1. The quantitative estimate of drug-likeness (QED) is 0.374. The minimum absolute atomic E-state index is 0.168. The smallest absolute Gasteiger partial charge is 0.329 e. The third-order valence-electron chi connectivity index (χ3n) is 4.69. The molecule has 0 amide bonds. The molecule has 2 bridgehead atoms. The van der Waals surface area contributed by atoms with Crippen molar-refractivity contribution < 1.29 is 9.53 Å². The van der Waals surface area contributed by atoms with Crippen molar-refractivity contribution in [2.24, 2.45) is 10.9 Å². The molecule has 8 heteroatoms. The number of aliphatic imine (C=N–C) groups is 1.